The van der Waals surface area contributed by atoms with Crippen molar-refractivity contribution in [2.24, 2.45) is 0 Å². The van der Waals surface area contributed by atoms with E-state index in [4.69, 9.17) is 0 Å². The predicted octanol–water partition coefficient (Wildman–Crippen LogP) is 1.24. The summed E-state index contributed by atoms with van der Waals surface area (Å²) in [6, 6.07) is 5.53. The first-order valence-electron chi connectivity index (χ1n) is 5.33. The van der Waals surface area contributed by atoms with Crippen LogP contribution in [0.1, 0.15) is 21.9 Å². The molecule has 0 spiro atoms. The Balaban J connectivity index is 2.46. The minimum Gasteiger partial charge on any atom is -0.354 e. The molecule has 5 nitrogen and oxygen atoms in total. The number of rotatable bonds is 2. The molecule has 0 unspecified atom stereocenters. The summed E-state index contributed by atoms with van der Waals surface area (Å²) < 4.78 is 1.80. The lowest BCUT2D eigenvalue weighted by Gasteiger charge is -2.05. The molecular weight excluding hydrogens is 216 g/mol. The molecule has 1 amide bonds. The maximum Gasteiger partial charge on any atom is 0.269 e. The van der Waals surface area contributed by atoms with Gasteiger partial charge in [0, 0.05) is 18.9 Å². The van der Waals surface area contributed by atoms with Crippen LogP contribution >= 0.6 is 0 Å². The van der Waals surface area contributed by atoms with E-state index in [1.807, 2.05) is 26.0 Å². The van der Waals surface area contributed by atoms with Gasteiger partial charge in [-0.05, 0) is 32.0 Å². The molecule has 0 saturated carbocycles. The Morgan fingerprint density at radius 3 is 2.71 bits per heavy atom. The van der Waals surface area contributed by atoms with E-state index in [1.165, 1.54) is 0 Å². The van der Waals surface area contributed by atoms with Gasteiger partial charge in [0.25, 0.3) is 5.91 Å². The predicted molar refractivity (Wildman–Crippen MR) is 64.2 cm³/mol. The number of carbonyl (C=O) groups excluding carboxylic acids is 1. The van der Waals surface area contributed by atoms with Crippen molar-refractivity contribution in [3.8, 4) is 5.69 Å². The molecule has 0 aliphatic rings. The summed E-state index contributed by atoms with van der Waals surface area (Å²) in [6.07, 6.45) is 1.61. The van der Waals surface area contributed by atoms with Gasteiger partial charge in [-0.3, -0.25) is 9.78 Å². The van der Waals surface area contributed by atoms with Crippen molar-refractivity contribution in [1.29, 1.82) is 0 Å². The Kier molecular flexibility index (Phi) is 2.91. The van der Waals surface area contributed by atoms with E-state index in [-0.39, 0.29) is 5.91 Å². The first kappa shape index (κ1) is 11.3. The van der Waals surface area contributed by atoms with E-state index < -0.39 is 0 Å². The van der Waals surface area contributed by atoms with Crippen molar-refractivity contribution in [2.75, 3.05) is 7.05 Å². The third-order valence-electron chi connectivity index (χ3n) is 2.46. The van der Waals surface area contributed by atoms with Gasteiger partial charge in [0.2, 0.25) is 0 Å². The maximum atomic E-state index is 11.5. The number of carbonyl (C=O) groups is 1. The van der Waals surface area contributed by atoms with Crippen LogP contribution in [0.3, 0.4) is 0 Å². The number of aromatic nitrogens is 3. The van der Waals surface area contributed by atoms with Crippen molar-refractivity contribution < 1.29 is 4.79 Å². The van der Waals surface area contributed by atoms with Crippen LogP contribution < -0.4 is 5.32 Å². The maximum absolute atomic E-state index is 11.5. The van der Waals surface area contributed by atoms with Crippen LogP contribution in [-0.2, 0) is 0 Å². The summed E-state index contributed by atoms with van der Waals surface area (Å²) in [7, 11) is 1.58. The van der Waals surface area contributed by atoms with E-state index >= 15 is 0 Å². The molecule has 0 radical (unpaired) electrons. The minimum atomic E-state index is -0.201. The van der Waals surface area contributed by atoms with E-state index in [0.29, 0.717) is 5.69 Å². The largest absolute Gasteiger partial charge is 0.354 e. The Hall–Kier alpha value is -2.17. The molecule has 17 heavy (non-hydrogen) atoms. The van der Waals surface area contributed by atoms with Crippen LogP contribution in [0.15, 0.2) is 24.4 Å². The van der Waals surface area contributed by atoms with Crippen LogP contribution in [0.4, 0.5) is 0 Å². The monoisotopic (exact) mass is 230 g/mol. The lowest BCUT2D eigenvalue weighted by molar-refractivity contribution is 0.0958. The number of amides is 1. The highest BCUT2D eigenvalue weighted by Gasteiger charge is 2.08. The number of nitrogens with zero attached hydrogens (tertiary/aromatic N) is 3. The molecule has 2 rings (SSSR count). The highest BCUT2D eigenvalue weighted by molar-refractivity contribution is 5.92. The van der Waals surface area contributed by atoms with Gasteiger partial charge in [-0.1, -0.05) is 0 Å². The molecule has 0 aliphatic heterocycles. The second kappa shape index (κ2) is 4.37. The smallest absolute Gasteiger partial charge is 0.269 e. The average molecular weight is 230 g/mol. The molecule has 0 fully saturated rings. The summed E-state index contributed by atoms with van der Waals surface area (Å²) in [5.41, 5.74) is 3.19. The van der Waals surface area contributed by atoms with E-state index in [0.717, 1.165) is 17.1 Å². The second-order valence-corrected chi connectivity index (χ2v) is 3.82. The summed E-state index contributed by atoms with van der Waals surface area (Å²) in [5.74, 6) is -0.201. The summed E-state index contributed by atoms with van der Waals surface area (Å²) >= 11 is 0. The highest BCUT2D eigenvalue weighted by atomic mass is 16.1. The molecule has 2 aromatic heterocycles. The molecule has 0 aliphatic carbocycles. The van der Waals surface area contributed by atoms with Gasteiger partial charge in [0.15, 0.2) is 0 Å². The molecule has 5 heteroatoms. The minimum absolute atomic E-state index is 0.201. The van der Waals surface area contributed by atoms with Crippen molar-refractivity contribution in [2.45, 2.75) is 13.8 Å². The quantitative estimate of drug-likeness (QED) is 0.844. The molecule has 88 valence electrons. The molecule has 1 N–H and O–H groups in total. The zero-order chi connectivity index (χ0) is 12.4. The molecule has 2 aromatic rings. The van der Waals surface area contributed by atoms with Gasteiger partial charge in [-0.15, -0.1) is 0 Å². The van der Waals surface area contributed by atoms with Gasteiger partial charge in [0.1, 0.15) is 5.69 Å². The molecule has 2 heterocycles. The first-order chi connectivity index (χ1) is 8.11. The molecule has 0 saturated heterocycles. The number of hydrogen-bond acceptors (Lipinski definition) is 3. The SMILES string of the molecule is CNC(=O)c1cc(-n2nc(C)cc2C)ccn1. The second-order valence-electron chi connectivity index (χ2n) is 3.82. The molecule has 0 bridgehead atoms. The lowest BCUT2D eigenvalue weighted by Crippen LogP contribution is -2.19. The fourth-order valence-electron chi connectivity index (χ4n) is 1.69. The number of pyridine rings is 1. The van der Waals surface area contributed by atoms with Crippen LogP contribution in [0.2, 0.25) is 0 Å². The Bertz CT molecular complexity index is 559. The van der Waals surface area contributed by atoms with Crippen LogP contribution in [0.5, 0.6) is 0 Å². The van der Waals surface area contributed by atoms with Crippen molar-refractivity contribution in [1.82, 2.24) is 20.1 Å². The van der Waals surface area contributed by atoms with Gasteiger partial charge >= 0.3 is 0 Å². The van der Waals surface area contributed by atoms with Crippen LogP contribution in [-0.4, -0.2) is 27.7 Å². The topological polar surface area (TPSA) is 59.8 Å². The summed E-state index contributed by atoms with van der Waals surface area (Å²) in [6.45, 7) is 3.91. The normalized spacial score (nSPS) is 10.3. The van der Waals surface area contributed by atoms with Crippen LogP contribution in [0.25, 0.3) is 5.69 Å². The van der Waals surface area contributed by atoms with Crippen molar-refractivity contribution in [3.05, 3.63) is 41.5 Å². The van der Waals surface area contributed by atoms with Gasteiger partial charge in [-0.25, -0.2) is 4.68 Å². The average Bonchev–Trinajstić information content (AvgIpc) is 2.67. The van der Waals surface area contributed by atoms with E-state index in [2.05, 4.69) is 15.4 Å². The Morgan fingerprint density at radius 1 is 1.35 bits per heavy atom. The fourth-order valence-corrected chi connectivity index (χ4v) is 1.69. The molecular formula is C12H14N4O. The van der Waals surface area contributed by atoms with Crippen molar-refractivity contribution >= 4 is 5.91 Å². The van der Waals surface area contributed by atoms with Gasteiger partial charge in [-0.2, -0.15) is 5.10 Å². The summed E-state index contributed by atoms with van der Waals surface area (Å²) in [4.78, 5) is 15.5. The Labute approximate surface area is 99.5 Å². The van der Waals surface area contributed by atoms with Gasteiger partial charge in [0.05, 0.1) is 11.4 Å². The third-order valence-corrected chi connectivity index (χ3v) is 2.46. The van der Waals surface area contributed by atoms with Crippen molar-refractivity contribution in [3.63, 3.8) is 0 Å². The fraction of sp³-hybridized carbons (Fsp3) is 0.250. The molecule has 0 aromatic carbocycles. The number of aryl methyl sites for hydroxylation is 2. The van der Waals surface area contributed by atoms with Crippen LogP contribution in [0, 0.1) is 13.8 Å². The van der Waals surface area contributed by atoms with E-state index in [9.17, 15) is 4.79 Å². The zero-order valence-corrected chi connectivity index (χ0v) is 10.1. The van der Waals surface area contributed by atoms with E-state index in [1.54, 1.807) is 24.0 Å². The Morgan fingerprint density at radius 2 is 2.12 bits per heavy atom. The van der Waals surface area contributed by atoms with Gasteiger partial charge < -0.3 is 5.32 Å². The molecule has 0 atom stereocenters. The zero-order valence-electron chi connectivity index (χ0n) is 10.1. The number of hydrogen-bond donors (Lipinski definition) is 1. The first-order valence-corrected chi connectivity index (χ1v) is 5.33. The number of nitrogens with one attached hydrogen (secondary N) is 1. The highest BCUT2D eigenvalue weighted by Crippen LogP contribution is 2.12. The standard InChI is InChI=1S/C12H14N4O/c1-8-6-9(2)16(15-8)10-4-5-14-11(7-10)12(17)13-3/h4-7H,1-3H3,(H,13,17). The third kappa shape index (κ3) is 2.18. The summed E-state index contributed by atoms with van der Waals surface area (Å²) in [5, 5.41) is 6.91. The lowest BCUT2D eigenvalue weighted by atomic mass is 10.3.